The van der Waals surface area contributed by atoms with E-state index in [1.54, 1.807) is 4.90 Å². The number of amides is 2. The SMILES string of the molecule is CC(C)(C)C1NC(=O)CN(c2ccsc2)C1=O. The summed E-state index contributed by atoms with van der Waals surface area (Å²) in [4.78, 5) is 25.6. The zero-order valence-electron chi connectivity index (χ0n) is 10.2. The molecule has 1 aromatic heterocycles. The fourth-order valence-electron chi connectivity index (χ4n) is 1.86. The van der Waals surface area contributed by atoms with Gasteiger partial charge in [0.05, 0.1) is 5.69 Å². The fraction of sp³-hybridized carbons (Fsp3) is 0.500. The molecule has 17 heavy (non-hydrogen) atoms. The quantitative estimate of drug-likeness (QED) is 0.825. The van der Waals surface area contributed by atoms with Crippen LogP contribution in [-0.4, -0.2) is 24.4 Å². The Bertz CT molecular complexity index is 434. The minimum atomic E-state index is -0.455. The Balaban J connectivity index is 2.30. The second-order valence-corrected chi connectivity index (χ2v) is 6.05. The maximum atomic E-state index is 12.3. The summed E-state index contributed by atoms with van der Waals surface area (Å²) in [6.07, 6.45) is 0. The van der Waals surface area contributed by atoms with Crippen molar-refractivity contribution in [2.75, 3.05) is 11.4 Å². The van der Waals surface area contributed by atoms with Gasteiger partial charge in [0.15, 0.2) is 0 Å². The van der Waals surface area contributed by atoms with E-state index in [0.29, 0.717) is 0 Å². The number of nitrogens with zero attached hydrogens (tertiary/aromatic N) is 1. The average Bonchev–Trinajstić information content (AvgIpc) is 2.72. The van der Waals surface area contributed by atoms with Crippen LogP contribution in [0.1, 0.15) is 20.8 Å². The third-order valence-electron chi connectivity index (χ3n) is 2.80. The molecule has 1 unspecified atom stereocenters. The van der Waals surface area contributed by atoms with Gasteiger partial charge >= 0.3 is 0 Å². The maximum absolute atomic E-state index is 12.3. The number of carbonyl (C=O) groups is 2. The molecule has 2 rings (SSSR count). The van der Waals surface area contributed by atoms with Gasteiger partial charge in [-0.1, -0.05) is 20.8 Å². The normalized spacial score (nSPS) is 21.6. The van der Waals surface area contributed by atoms with Gasteiger partial charge in [0, 0.05) is 5.38 Å². The summed E-state index contributed by atoms with van der Waals surface area (Å²) in [6, 6.07) is 1.41. The van der Waals surface area contributed by atoms with Crippen LogP contribution < -0.4 is 10.2 Å². The van der Waals surface area contributed by atoms with Gasteiger partial charge in [-0.15, -0.1) is 0 Å². The molecule has 0 bridgehead atoms. The lowest BCUT2D eigenvalue weighted by atomic mass is 9.84. The predicted octanol–water partition coefficient (Wildman–Crippen LogP) is 1.63. The van der Waals surface area contributed by atoms with E-state index in [4.69, 9.17) is 0 Å². The van der Waals surface area contributed by atoms with E-state index in [1.807, 2.05) is 37.6 Å². The number of piperazine rings is 1. The molecule has 1 saturated heterocycles. The third kappa shape index (κ3) is 2.34. The minimum Gasteiger partial charge on any atom is -0.342 e. The van der Waals surface area contributed by atoms with Crippen LogP contribution in [0.3, 0.4) is 0 Å². The van der Waals surface area contributed by atoms with Gasteiger partial charge < -0.3 is 10.2 Å². The van der Waals surface area contributed by atoms with Crippen molar-refractivity contribution in [2.45, 2.75) is 26.8 Å². The number of hydrogen-bond donors (Lipinski definition) is 1. The summed E-state index contributed by atoms with van der Waals surface area (Å²) in [5, 5.41) is 6.56. The van der Waals surface area contributed by atoms with Crippen molar-refractivity contribution in [3.8, 4) is 0 Å². The Labute approximate surface area is 105 Å². The molecule has 4 nitrogen and oxygen atoms in total. The van der Waals surface area contributed by atoms with E-state index in [2.05, 4.69) is 5.32 Å². The summed E-state index contributed by atoms with van der Waals surface area (Å²) < 4.78 is 0. The molecule has 0 aliphatic carbocycles. The minimum absolute atomic E-state index is 0.0319. The van der Waals surface area contributed by atoms with Crippen molar-refractivity contribution in [3.05, 3.63) is 16.8 Å². The van der Waals surface area contributed by atoms with Crippen LogP contribution >= 0.6 is 11.3 Å². The lowest BCUT2D eigenvalue weighted by molar-refractivity contribution is -0.133. The van der Waals surface area contributed by atoms with Crippen LogP contribution in [0.4, 0.5) is 5.69 Å². The molecule has 92 valence electrons. The highest BCUT2D eigenvalue weighted by molar-refractivity contribution is 7.08. The Kier molecular flexibility index (Phi) is 2.95. The molecule has 1 aliphatic heterocycles. The van der Waals surface area contributed by atoms with E-state index in [-0.39, 0.29) is 23.8 Å². The number of thiophene rings is 1. The van der Waals surface area contributed by atoms with Gasteiger partial charge in [-0.25, -0.2) is 0 Å². The van der Waals surface area contributed by atoms with Gasteiger partial charge in [0.2, 0.25) is 5.91 Å². The maximum Gasteiger partial charge on any atom is 0.250 e. The van der Waals surface area contributed by atoms with Gasteiger partial charge in [0.25, 0.3) is 5.91 Å². The Hall–Kier alpha value is -1.36. The molecular formula is C12H16N2O2S. The topological polar surface area (TPSA) is 49.4 Å². The molecule has 0 aromatic carbocycles. The lowest BCUT2D eigenvalue weighted by Crippen LogP contribution is -2.62. The highest BCUT2D eigenvalue weighted by Gasteiger charge is 2.40. The molecule has 1 atom stereocenters. The Morgan fingerprint density at radius 1 is 1.41 bits per heavy atom. The first kappa shape index (κ1) is 12.1. The number of carbonyl (C=O) groups excluding carboxylic acids is 2. The second kappa shape index (κ2) is 4.14. The average molecular weight is 252 g/mol. The van der Waals surface area contributed by atoms with E-state index >= 15 is 0 Å². The molecule has 0 spiro atoms. The van der Waals surface area contributed by atoms with Gasteiger partial charge in [0.1, 0.15) is 12.6 Å². The first-order valence-electron chi connectivity index (χ1n) is 5.52. The monoisotopic (exact) mass is 252 g/mol. The summed E-state index contributed by atoms with van der Waals surface area (Å²) >= 11 is 1.52. The molecular weight excluding hydrogens is 236 g/mol. The van der Waals surface area contributed by atoms with E-state index in [9.17, 15) is 9.59 Å². The summed E-state index contributed by atoms with van der Waals surface area (Å²) in [6.45, 7) is 5.97. The second-order valence-electron chi connectivity index (χ2n) is 5.27. The summed E-state index contributed by atoms with van der Waals surface area (Å²) in [5.74, 6) is -0.133. The van der Waals surface area contributed by atoms with Gasteiger partial charge in [-0.05, 0) is 16.9 Å². The highest BCUT2D eigenvalue weighted by atomic mass is 32.1. The summed E-state index contributed by atoms with van der Waals surface area (Å²) in [5.41, 5.74) is 0.533. The molecule has 1 fully saturated rings. The Morgan fingerprint density at radius 2 is 2.12 bits per heavy atom. The molecule has 2 amide bonds. The molecule has 1 N–H and O–H groups in total. The molecule has 1 aromatic rings. The number of hydrogen-bond acceptors (Lipinski definition) is 3. The van der Waals surface area contributed by atoms with Crippen molar-refractivity contribution in [3.63, 3.8) is 0 Å². The molecule has 0 saturated carbocycles. The predicted molar refractivity (Wildman–Crippen MR) is 68.1 cm³/mol. The van der Waals surface area contributed by atoms with Crippen LogP contribution in [-0.2, 0) is 9.59 Å². The molecule has 2 heterocycles. The third-order valence-corrected chi connectivity index (χ3v) is 3.47. The molecule has 0 radical (unpaired) electrons. The van der Waals surface area contributed by atoms with Crippen LogP contribution in [0.25, 0.3) is 0 Å². The number of anilines is 1. The standard InChI is InChI=1S/C12H16N2O2S/c1-12(2,3)10-11(16)14(6-9(15)13-10)8-4-5-17-7-8/h4-5,7,10H,6H2,1-3H3,(H,13,15). The number of rotatable bonds is 1. The van der Waals surface area contributed by atoms with Crippen molar-refractivity contribution in [2.24, 2.45) is 5.41 Å². The smallest absolute Gasteiger partial charge is 0.250 e. The highest BCUT2D eigenvalue weighted by Crippen LogP contribution is 2.27. The van der Waals surface area contributed by atoms with E-state index in [0.717, 1.165) is 5.69 Å². The van der Waals surface area contributed by atoms with Crippen LogP contribution in [0.5, 0.6) is 0 Å². The van der Waals surface area contributed by atoms with Crippen LogP contribution in [0, 0.1) is 5.41 Å². The molecule has 1 aliphatic rings. The zero-order chi connectivity index (χ0) is 12.6. The van der Waals surface area contributed by atoms with Crippen molar-refractivity contribution >= 4 is 28.8 Å². The summed E-state index contributed by atoms with van der Waals surface area (Å²) in [7, 11) is 0. The van der Waals surface area contributed by atoms with Crippen LogP contribution in [0.15, 0.2) is 16.8 Å². The van der Waals surface area contributed by atoms with Crippen LogP contribution in [0.2, 0.25) is 0 Å². The van der Waals surface area contributed by atoms with Crippen molar-refractivity contribution < 1.29 is 9.59 Å². The molecule has 5 heteroatoms. The Morgan fingerprint density at radius 3 is 2.65 bits per heavy atom. The first-order chi connectivity index (χ1) is 7.89. The first-order valence-corrected chi connectivity index (χ1v) is 6.47. The van der Waals surface area contributed by atoms with Crippen molar-refractivity contribution in [1.29, 1.82) is 0 Å². The zero-order valence-corrected chi connectivity index (χ0v) is 11.0. The van der Waals surface area contributed by atoms with Crippen molar-refractivity contribution in [1.82, 2.24) is 5.32 Å². The fourth-order valence-corrected chi connectivity index (χ4v) is 2.50. The van der Waals surface area contributed by atoms with E-state index < -0.39 is 6.04 Å². The van der Waals surface area contributed by atoms with E-state index in [1.165, 1.54) is 11.3 Å². The number of nitrogens with one attached hydrogen (secondary N) is 1. The van der Waals surface area contributed by atoms with Gasteiger partial charge in [-0.3, -0.25) is 9.59 Å². The lowest BCUT2D eigenvalue weighted by Gasteiger charge is -2.38. The van der Waals surface area contributed by atoms with Gasteiger partial charge in [-0.2, -0.15) is 11.3 Å². The largest absolute Gasteiger partial charge is 0.342 e.